The third-order valence-electron chi connectivity index (χ3n) is 12.6. The van der Waals surface area contributed by atoms with Gasteiger partial charge in [0.1, 0.15) is 0 Å². The van der Waals surface area contributed by atoms with Gasteiger partial charge in [-0.25, -0.2) is 9.97 Å². The lowest BCUT2D eigenvalue weighted by Crippen LogP contribution is -2.37. The molecule has 12 rings (SSSR count). The topological polar surface area (TPSA) is 30.7 Å². The van der Waals surface area contributed by atoms with Gasteiger partial charge in [-0.1, -0.05) is 157 Å². The van der Waals surface area contributed by atoms with E-state index in [9.17, 15) is 0 Å². The van der Waals surface area contributed by atoms with E-state index in [2.05, 4.69) is 193 Å². The normalized spacial score (nSPS) is 20.0. The molecule has 0 saturated heterocycles. The molecule has 0 saturated carbocycles. The Hall–Kier alpha value is -6.49. The molecule has 57 heavy (non-hydrogen) atoms. The van der Waals surface area contributed by atoms with Crippen molar-refractivity contribution in [1.29, 1.82) is 0 Å². The summed E-state index contributed by atoms with van der Waals surface area (Å²) in [4.78, 5) is 13.0. The summed E-state index contributed by atoms with van der Waals surface area (Å²) in [5.74, 6) is 1.34. The van der Waals surface area contributed by atoms with Gasteiger partial charge in [0.05, 0.1) is 27.8 Å². The highest BCUT2D eigenvalue weighted by Crippen LogP contribution is 2.65. The number of nitrogens with zero attached hydrogens (tertiary/aromatic N) is 3. The third kappa shape index (κ3) is 4.87. The van der Waals surface area contributed by atoms with Gasteiger partial charge in [0, 0.05) is 54.8 Å². The standard InChI is InChI=1S/C53H37N3S/c1-3-16-34(17-4-1)46-33-47(55-52(54-46)35-18-5-2-6-19-35)36-20-15-21-37(30-36)56-48-28-13-9-24-40(48)41-31-51-45(32-49(41)56)53(44-27-12-14-29-50(44)57-51)42-25-10-7-22-38(42)39-23-8-11-26-43(39)53/h1,3-5,7-33,38,42H,2,6H2. The molecule has 1 aliphatic heterocycles. The highest BCUT2D eigenvalue weighted by molar-refractivity contribution is 7.99. The van der Waals surface area contributed by atoms with E-state index in [1.165, 1.54) is 53.9 Å². The molecule has 2 aromatic heterocycles. The summed E-state index contributed by atoms with van der Waals surface area (Å²) >= 11 is 1.92. The minimum Gasteiger partial charge on any atom is -0.309 e. The van der Waals surface area contributed by atoms with Crippen molar-refractivity contribution >= 4 is 39.1 Å². The van der Waals surface area contributed by atoms with E-state index in [0.29, 0.717) is 5.92 Å². The maximum absolute atomic E-state index is 5.23. The number of para-hydroxylation sites is 1. The predicted octanol–water partition coefficient (Wildman–Crippen LogP) is 13.3. The van der Waals surface area contributed by atoms with Crippen LogP contribution < -0.4 is 0 Å². The fraction of sp³-hybridized carbons (Fsp3) is 0.0943. The van der Waals surface area contributed by atoms with Crippen molar-refractivity contribution < 1.29 is 0 Å². The zero-order chi connectivity index (χ0) is 37.5. The van der Waals surface area contributed by atoms with Crippen molar-refractivity contribution in [3.05, 3.63) is 216 Å². The summed E-state index contributed by atoms with van der Waals surface area (Å²) in [7, 11) is 0. The fourth-order valence-electron chi connectivity index (χ4n) is 10.2. The van der Waals surface area contributed by atoms with Gasteiger partial charge in [-0.3, -0.25) is 0 Å². The average molecular weight is 748 g/mol. The maximum atomic E-state index is 5.23. The first-order valence-corrected chi connectivity index (χ1v) is 20.8. The number of hydrogen-bond donors (Lipinski definition) is 0. The summed E-state index contributed by atoms with van der Waals surface area (Å²) in [5.41, 5.74) is 13.9. The zero-order valence-electron chi connectivity index (χ0n) is 31.2. The Morgan fingerprint density at radius 1 is 0.579 bits per heavy atom. The van der Waals surface area contributed by atoms with Crippen LogP contribution >= 0.6 is 11.8 Å². The molecule has 0 N–H and O–H groups in total. The van der Waals surface area contributed by atoms with Gasteiger partial charge >= 0.3 is 0 Å². The molecule has 3 unspecified atom stereocenters. The minimum absolute atomic E-state index is 0.263. The second-order valence-corrected chi connectivity index (χ2v) is 16.6. The Bertz CT molecular complexity index is 3070. The lowest BCUT2D eigenvalue weighted by molar-refractivity contribution is 0.442. The molecule has 1 spiro atoms. The lowest BCUT2D eigenvalue weighted by atomic mass is 9.63. The largest absolute Gasteiger partial charge is 0.309 e. The molecule has 3 heterocycles. The predicted molar refractivity (Wildman–Crippen MR) is 235 cm³/mol. The second kappa shape index (κ2) is 12.8. The molecule has 3 atom stereocenters. The molecule has 6 aromatic carbocycles. The fourth-order valence-corrected chi connectivity index (χ4v) is 11.4. The first kappa shape index (κ1) is 32.7. The number of aromatic nitrogens is 3. The number of allylic oxidation sites excluding steroid dienone is 8. The van der Waals surface area contributed by atoms with Gasteiger partial charge in [0.2, 0.25) is 0 Å². The van der Waals surface area contributed by atoms with Crippen molar-refractivity contribution in [1.82, 2.24) is 14.5 Å². The van der Waals surface area contributed by atoms with Crippen LogP contribution in [-0.4, -0.2) is 14.5 Å². The van der Waals surface area contributed by atoms with Gasteiger partial charge in [-0.15, -0.1) is 0 Å². The van der Waals surface area contributed by atoms with E-state index in [4.69, 9.17) is 9.97 Å². The Kier molecular flexibility index (Phi) is 7.33. The number of rotatable bonds is 4. The van der Waals surface area contributed by atoms with Gasteiger partial charge in [0.25, 0.3) is 0 Å². The van der Waals surface area contributed by atoms with Crippen LogP contribution in [0.5, 0.6) is 0 Å². The van der Waals surface area contributed by atoms with Gasteiger partial charge in [-0.05, 0) is 77.6 Å². The Labute approximate surface area is 336 Å². The third-order valence-corrected chi connectivity index (χ3v) is 13.7. The van der Waals surface area contributed by atoms with Crippen LogP contribution in [0.25, 0.3) is 55.6 Å². The SMILES string of the molecule is C1=CC2c3ccccc3C3(c4ccccc4Sc4cc5c6ccccc6n(-c6cccc(-c7cc(-c8ccccc8)nc(C8=CCCC=C8)n7)c6)c5cc43)C2C=C1. The van der Waals surface area contributed by atoms with Gasteiger partial charge in [0.15, 0.2) is 5.82 Å². The summed E-state index contributed by atoms with van der Waals surface area (Å²) < 4.78 is 2.48. The highest BCUT2D eigenvalue weighted by atomic mass is 32.2. The highest BCUT2D eigenvalue weighted by Gasteiger charge is 2.56. The lowest BCUT2D eigenvalue weighted by Gasteiger charge is -2.43. The molecule has 0 fully saturated rings. The minimum atomic E-state index is -0.329. The number of benzene rings is 6. The summed E-state index contributed by atoms with van der Waals surface area (Å²) in [6.45, 7) is 0. The Morgan fingerprint density at radius 3 is 2.25 bits per heavy atom. The van der Waals surface area contributed by atoms with Crippen molar-refractivity contribution in [2.24, 2.45) is 5.92 Å². The van der Waals surface area contributed by atoms with Gasteiger partial charge in [-0.2, -0.15) is 0 Å². The molecule has 4 aliphatic rings. The van der Waals surface area contributed by atoms with E-state index in [-0.39, 0.29) is 11.3 Å². The van der Waals surface area contributed by atoms with Crippen LogP contribution in [0.3, 0.4) is 0 Å². The summed E-state index contributed by atoms with van der Waals surface area (Å²) in [5, 5.41) is 2.52. The van der Waals surface area contributed by atoms with Crippen LogP contribution in [0, 0.1) is 5.92 Å². The molecule has 4 heteroatoms. The van der Waals surface area contributed by atoms with Crippen LogP contribution in [-0.2, 0) is 5.41 Å². The molecular weight excluding hydrogens is 711 g/mol. The average Bonchev–Trinajstić information content (AvgIpc) is 3.76. The zero-order valence-corrected chi connectivity index (χ0v) is 32.0. The van der Waals surface area contributed by atoms with E-state index in [1.54, 1.807) is 0 Å². The Balaban J connectivity index is 1.10. The van der Waals surface area contributed by atoms with Crippen LogP contribution in [0.15, 0.2) is 198 Å². The van der Waals surface area contributed by atoms with Crippen LogP contribution in [0.2, 0.25) is 0 Å². The summed E-state index contributed by atoms with van der Waals surface area (Å²) in [6, 6.07) is 53.8. The first-order chi connectivity index (χ1) is 28.3. The molecule has 0 amide bonds. The van der Waals surface area contributed by atoms with E-state index in [1.807, 2.05) is 11.8 Å². The first-order valence-electron chi connectivity index (χ1n) is 20.0. The molecule has 270 valence electrons. The molecule has 8 aromatic rings. The van der Waals surface area contributed by atoms with Crippen molar-refractivity contribution in [3.8, 4) is 28.2 Å². The van der Waals surface area contributed by atoms with Crippen molar-refractivity contribution in [3.63, 3.8) is 0 Å². The van der Waals surface area contributed by atoms with Crippen molar-refractivity contribution in [2.45, 2.75) is 34.0 Å². The smallest absolute Gasteiger partial charge is 0.160 e. The molecule has 3 aliphatic carbocycles. The monoisotopic (exact) mass is 747 g/mol. The number of hydrogen-bond acceptors (Lipinski definition) is 3. The summed E-state index contributed by atoms with van der Waals surface area (Å²) in [6.07, 6.45) is 18.1. The van der Waals surface area contributed by atoms with E-state index >= 15 is 0 Å². The number of fused-ring (bicyclic) bond motifs is 12. The maximum Gasteiger partial charge on any atom is 0.160 e. The van der Waals surface area contributed by atoms with Gasteiger partial charge < -0.3 is 4.57 Å². The molecule has 0 bridgehead atoms. The second-order valence-electron chi connectivity index (χ2n) is 15.6. The van der Waals surface area contributed by atoms with Crippen LogP contribution in [0.4, 0.5) is 0 Å². The Morgan fingerprint density at radius 2 is 1.35 bits per heavy atom. The molecule has 3 nitrogen and oxygen atoms in total. The van der Waals surface area contributed by atoms with Crippen LogP contribution in [0.1, 0.15) is 46.8 Å². The quantitative estimate of drug-likeness (QED) is 0.180. The molecule has 0 radical (unpaired) electrons. The van der Waals surface area contributed by atoms with E-state index in [0.717, 1.165) is 52.4 Å². The van der Waals surface area contributed by atoms with Crippen molar-refractivity contribution in [2.75, 3.05) is 0 Å². The van der Waals surface area contributed by atoms with E-state index < -0.39 is 0 Å². The molecular formula is C53H37N3S.